The van der Waals surface area contributed by atoms with E-state index in [-0.39, 0.29) is 16.9 Å². The van der Waals surface area contributed by atoms with E-state index in [0.29, 0.717) is 48.0 Å². The molecule has 0 bridgehead atoms. The number of halogens is 1. The van der Waals surface area contributed by atoms with Gasteiger partial charge in [-0.05, 0) is 69.4 Å². The summed E-state index contributed by atoms with van der Waals surface area (Å²) in [4.78, 5) is 29.6. The Morgan fingerprint density at radius 3 is 2.11 bits per heavy atom. The number of para-hydroxylation sites is 1. The van der Waals surface area contributed by atoms with Crippen molar-refractivity contribution in [2.45, 2.75) is 20.8 Å². The lowest BCUT2D eigenvalue weighted by Crippen LogP contribution is -2.49. The Kier molecular flexibility index (Phi) is 7.91. The summed E-state index contributed by atoms with van der Waals surface area (Å²) in [6.07, 6.45) is 0. The molecule has 1 aliphatic heterocycles. The van der Waals surface area contributed by atoms with Crippen LogP contribution in [0.5, 0.6) is 0 Å². The van der Waals surface area contributed by atoms with Crippen LogP contribution in [0.3, 0.4) is 0 Å². The van der Waals surface area contributed by atoms with Gasteiger partial charge in [0.1, 0.15) is 0 Å². The number of carbonyl (C=O) groups excluding carboxylic acids is 2. The number of benzene rings is 3. The zero-order valence-corrected chi connectivity index (χ0v) is 22.2. The van der Waals surface area contributed by atoms with Gasteiger partial charge in [0.2, 0.25) is 0 Å². The van der Waals surface area contributed by atoms with E-state index in [1.165, 1.54) is 0 Å². The predicted molar refractivity (Wildman–Crippen MR) is 150 cm³/mol. The van der Waals surface area contributed by atoms with Crippen LogP contribution in [-0.2, 0) is 0 Å². The number of nitrogens with zero attached hydrogens (tertiary/aromatic N) is 2. The SMILES string of the molecule is Cc1ccc(C(=O)N2CCN(c3c(Cl)cccc3NC(=S)NC(=O)c3cc(C)cc(C)c3)CC2)cc1. The molecule has 0 unspecified atom stereocenters. The molecule has 0 spiro atoms. The van der Waals surface area contributed by atoms with Crippen molar-refractivity contribution in [3.05, 3.63) is 93.5 Å². The summed E-state index contributed by atoms with van der Waals surface area (Å²) < 4.78 is 0. The van der Waals surface area contributed by atoms with Crippen molar-refractivity contribution in [3.8, 4) is 0 Å². The predicted octanol–water partition coefficient (Wildman–Crippen LogP) is 5.35. The number of rotatable bonds is 4. The maximum atomic E-state index is 12.9. The lowest BCUT2D eigenvalue weighted by Gasteiger charge is -2.37. The number of piperazine rings is 1. The minimum Gasteiger partial charge on any atom is -0.365 e. The minimum atomic E-state index is -0.272. The number of hydrogen-bond donors (Lipinski definition) is 2. The second-order valence-electron chi connectivity index (χ2n) is 9.07. The molecule has 0 aliphatic carbocycles. The summed E-state index contributed by atoms with van der Waals surface area (Å²) in [7, 11) is 0. The Balaban J connectivity index is 1.42. The lowest BCUT2D eigenvalue weighted by molar-refractivity contribution is 0.0746. The van der Waals surface area contributed by atoms with Crippen molar-refractivity contribution < 1.29 is 9.59 Å². The van der Waals surface area contributed by atoms with E-state index < -0.39 is 0 Å². The van der Waals surface area contributed by atoms with Crippen LogP contribution in [0.25, 0.3) is 0 Å². The first kappa shape index (κ1) is 25.7. The number of amides is 2. The zero-order valence-electron chi connectivity index (χ0n) is 20.6. The molecule has 8 heteroatoms. The number of nitrogens with one attached hydrogen (secondary N) is 2. The highest BCUT2D eigenvalue weighted by Gasteiger charge is 2.25. The molecule has 3 aromatic carbocycles. The molecule has 0 atom stereocenters. The molecule has 0 saturated carbocycles. The topological polar surface area (TPSA) is 64.7 Å². The van der Waals surface area contributed by atoms with Gasteiger partial charge in [-0.1, -0.05) is 52.6 Å². The Morgan fingerprint density at radius 2 is 1.47 bits per heavy atom. The smallest absolute Gasteiger partial charge is 0.257 e. The summed E-state index contributed by atoms with van der Waals surface area (Å²) in [6, 6.07) is 18.8. The van der Waals surface area contributed by atoms with Crippen molar-refractivity contribution >= 4 is 52.1 Å². The maximum absolute atomic E-state index is 12.9. The third kappa shape index (κ3) is 6.04. The summed E-state index contributed by atoms with van der Waals surface area (Å²) in [5, 5.41) is 6.66. The van der Waals surface area contributed by atoms with Crippen LogP contribution in [0, 0.1) is 20.8 Å². The van der Waals surface area contributed by atoms with Crippen LogP contribution in [0.1, 0.15) is 37.4 Å². The average molecular weight is 521 g/mol. The van der Waals surface area contributed by atoms with Crippen LogP contribution < -0.4 is 15.5 Å². The van der Waals surface area contributed by atoms with Crippen LogP contribution in [-0.4, -0.2) is 48.0 Å². The van der Waals surface area contributed by atoms with Crippen molar-refractivity contribution in [1.82, 2.24) is 10.2 Å². The minimum absolute atomic E-state index is 0.0300. The molecule has 36 heavy (non-hydrogen) atoms. The van der Waals surface area contributed by atoms with Crippen molar-refractivity contribution in [1.29, 1.82) is 0 Å². The molecule has 0 aromatic heterocycles. The van der Waals surface area contributed by atoms with Crippen molar-refractivity contribution in [3.63, 3.8) is 0 Å². The Labute approximate surface area is 222 Å². The number of thiocarbonyl (C=S) groups is 1. The number of aryl methyl sites for hydroxylation is 3. The fourth-order valence-electron chi connectivity index (χ4n) is 4.38. The summed E-state index contributed by atoms with van der Waals surface area (Å²) in [5.74, 6) is -0.242. The number of anilines is 2. The molecule has 2 amide bonds. The van der Waals surface area contributed by atoms with E-state index in [0.717, 1.165) is 22.4 Å². The first-order chi connectivity index (χ1) is 17.2. The number of hydrogen-bond acceptors (Lipinski definition) is 4. The van der Waals surface area contributed by atoms with Gasteiger partial charge in [0.25, 0.3) is 11.8 Å². The first-order valence-corrected chi connectivity index (χ1v) is 12.6. The van der Waals surface area contributed by atoms with Gasteiger partial charge in [0, 0.05) is 37.3 Å². The van der Waals surface area contributed by atoms with Gasteiger partial charge in [0.15, 0.2) is 5.11 Å². The van der Waals surface area contributed by atoms with E-state index in [4.69, 9.17) is 23.8 Å². The van der Waals surface area contributed by atoms with E-state index >= 15 is 0 Å². The molecular formula is C28H29ClN4O2S. The van der Waals surface area contributed by atoms with E-state index in [2.05, 4.69) is 15.5 Å². The van der Waals surface area contributed by atoms with Crippen LogP contribution in [0.15, 0.2) is 60.7 Å². The average Bonchev–Trinajstić information content (AvgIpc) is 2.84. The summed E-state index contributed by atoms with van der Waals surface area (Å²) >= 11 is 12.0. The second-order valence-corrected chi connectivity index (χ2v) is 9.88. The third-order valence-electron chi connectivity index (χ3n) is 6.13. The van der Waals surface area contributed by atoms with Gasteiger partial charge < -0.3 is 15.1 Å². The highest BCUT2D eigenvalue weighted by Crippen LogP contribution is 2.34. The fourth-order valence-corrected chi connectivity index (χ4v) is 4.88. The normalized spacial score (nSPS) is 13.3. The molecule has 1 aliphatic rings. The summed E-state index contributed by atoms with van der Waals surface area (Å²) in [6.45, 7) is 8.30. The first-order valence-electron chi connectivity index (χ1n) is 11.8. The summed E-state index contributed by atoms with van der Waals surface area (Å²) in [5.41, 5.74) is 5.89. The van der Waals surface area contributed by atoms with Gasteiger partial charge in [-0.2, -0.15) is 0 Å². The molecular weight excluding hydrogens is 492 g/mol. The zero-order chi connectivity index (χ0) is 25.8. The highest BCUT2D eigenvalue weighted by atomic mass is 35.5. The van der Waals surface area contributed by atoms with E-state index in [1.54, 1.807) is 0 Å². The standard InChI is InChI=1S/C28H29ClN4O2S/c1-18-7-9-21(10-8-18)27(35)33-13-11-32(12-14-33)25-23(29)5-4-6-24(25)30-28(36)31-26(34)22-16-19(2)15-20(3)17-22/h4-10,15-17H,11-14H2,1-3H3,(H2,30,31,34,36). The van der Waals surface area contributed by atoms with Crippen LogP contribution in [0.4, 0.5) is 11.4 Å². The quantitative estimate of drug-likeness (QED) is 0.454. The Hall–Kier alpha value is -3.42. The fraction of sp³-hybridized carbons (Fsp3) is 0.250. The van der Waals surface area contributed by atoms with Crippen LogP contribution in [0.2, 0.25) is 5.02 Å². The van der Waals surface area contributed by atoms with Crippen molar-refractivity contribution in [2.75, 3.05) is 36.4 Å². The van der Waals surface area contributed by atoms with Gasteiger partial charge in [-0.3, -0.25) is 14.9 Å². The molecule has 2 N–H and O–H groups in total. The number of carbonyl (C=O) groups is 2. The van der Waals surface area contributed by atoms with Gasteiger partial charge in [0.05, 0.1) is 16.4 Å². The van der Waals surface area contributed by atoms with Gasteiger partial charge >= 0.3 is 0 Å². The molecule has 1 heterocycles. The molecule has 3 aromatic rings. The largest absolute Gasteiger partial charge is 0.365 e. The van der Waals surface area contributed by atoms with Crippen LogP contribution >= 0.6 is 23.8 Å². The Bertz CT molecular complexity index is 1280. The molecule has 1 saturated heterocycles. The molecule has 186 valence electrons. The monoisotopic (exact) mass is 520 g/mol. The van der Waals surface area contributed by atoms with Crippen molar-refractivity contribution in [2.24, 2.45) is 0 Å². The van der Waals surface area contributed by atoms with E-state index in [1.807, 2.05) is 86.3 Å². The highest BCUT2D eigenvalue weighted by molar-refractivity contribution is 7.80. The molecule has 4 rings (SSSR count). The maximum Gasteiger partial charge on any atom is 0.257 e. The molecule has 6 nitrogen and oxygen atoms in total. The lowest BCUT2D eigenvalue weighted by atomic mass is 10.1. The van der Waals surface area contributed by atoms with Gasteiger partial charge in [-0.15, -0.1) is 0 Å². The van der Waals surface area contributed by atoms with Gasteiger partial charge in [-0.25, -0.2) is 0 Å². The second kappa shape index (κ2) is 11.1. The molecule has 1 fully saturated rings. The van der Waals surface area contributed by atoms with E-state index in [9.17, 15) is 9.59 Å². The molecule has 0 radical (unpaired) electrons. The Morgan fingerprint density at radius 1 is 0.833 bits per heavy atom. The third-order valence-corrected chi connectivity index (χ3v) is 6.64.